The van der Waals surface area contributed by atoms with Gasteiger partial charge in [-0.3, -0.25) is 4.79 Å². The first-order chi connectivity index (χ1) is 9.44. The van der Waals surface area contributed by atoms with Crippen LogP contribution in [0.25, 0.3) is 0 Å². The molecule has 0 unspecified atom stereocenters. The summed E-state index contributed by atoms with van der Waals surface area (Å²) in [5.41, 5.74) is -3.72. The normalized spacial score (nSPS) is 21.3. The highest BCUT2D eigenvalue weighted by atomic mass is 16.5. The lowest BCUT2D eigenvalue weighted by molar-refractivity contribution is -0.138. The molecule has 0 aromatic heterocycles. The van der Waals surface area contributed by atoms with Gasteiger partial charge in [-0.15, -0.1) is 0 Å². The van der Waals surface area contributed by atoms with E-state index in [1.807, 2.05) is 0 Å². The highest BCUT2D eigenvalue weighted by Gasteiger charge is 2.59. The molecule has 0 aromatic rings. The van der Waals surface area contributed by atoms with Crippen LogP contribution in [-0.4, -0.2) is 13.1 Å². The van der Waals surface area contributed by atoms with Crippen molar-refractivity contribution in [1.29, 1.82) is 21.0 Å². The number of hydrogen-bond acceptors (Lipinski definition) is 6. The van der Waals surface area contributed by atoms with Gasteiger partial charge in [0.05, 0.1) is 37.3 Å². The van der Waals surface area contributed by atoms with Crippen molar-refractivity contribution in [3.63, 3.8) is 0 Å². The third-order valence-electron chi connectivity index (χ3n) is 3.36. The van der Waals surface area contributed by atoms with E-state index in [0.29, 0.717) is 5.92 Å². The molecule has 6 nitrogen and oxygen atoms in total. The van der Waals surface area contributed by atoms with Crippen LogP contribution < -0.4 is 0 Å². The van der Waals surface area contributed by atoms with Crippen LogP contribution in [0, 0.1) is 74.4 Å². The van der Waals surface area contributed by atoms with Crippen molar-refractivity contribution in [1.82, 2.24) is 0 Å². The van der Waals surface area contributed by atoms with Crippen LogP contribution in [0.1, 0.15) is 19.8 Å². The molecule has 1 aliphatic rings. The predicted octanol–water partition coefficient (Wildman–Crippen LogP) is 1.39. The van der Waals surface area contributed by atoms with Gasteiger partial charge in [0, 0.05) is 0 Å². The highest BCUT2D eigenvalue weighted by Crippen LogP contribution is 2.52. The molecule has 1 aliphatic carbocycles. The Bertz CT molecular complexity index is 542. The summed E-state index contributed by atoms with van der Waals surface area (Å²) in [6.45, 7) is 1.64. The van der Waals surface area contributed by atoms with E-state index in [-0.39, 0.29) is 18.8 Å². The lowest BCUT2D eigenvalue weighted by Crippen LogP contribution is -2.39. The Morgan fingerprint density at radius 1 is 1.10 bits per heavy atom. The van der Waals surface area contributed by atoms with Crippen LogP contribution in [-0.2, 0) is 9.53 Å². The molecule has 0 aliphatic heterocycles. The molecule has 99 valence electrons. The monoisotopic (exact) mass is 267 g/mol. The van der Waals surface area contributed by atoms with Crippen LogP contribution in [0.2, 0.25) is 0 Å². The van der Waals surface area contributed by atoms with Crippen LogP contribution in [0.15, 0.2) is 0 Å². The van der Waals surface area contributed by atoms with Crippen LogP contribution in [0.4, 0.5) is 0 Å². The van der Waals surface area contributed by atoms with E-state index in [0.717, 1.165) is 0 Å². The molecule has 0 saturated heterocycles. The van der Waals surface area contributed by atoms with E-state index in [4.69, 9.17) is 0 Å². The molecular formula is C14H11N4O2. The standard InChI is InChI=1S/C14H11N4O2/c1-10-3-11(12(19)20-2)5-14(8-17,9-18)13(4-10,6-15)7-16/h3H,4-5H2,1-2H3. The maximum absolute atomic E-state index is 11.7. The zero-order valence-electron chi connectivity index (χ0n) is 11.1. The summed E-state index contributed by atoms with van der Waals surface area (Å²) >= 11 is 0. The topological polar surface area (TPSA) is 121 Å². The smallest absolute Gasteiger partial charge is 0.313 e. The average Bonchev–Trinajstić information content (AvgIpc) is 2.60. The number of rotatable bonds is 1. The lowest BCUT2D eigenvalue weighted by atomic mass is 9.62. The second-order valence-corrected chi connectivity index (χ2v) is 4.62. The van der Waals surface area contributed by atoms with Gasteiger partial charge >= 0.3 is 5.97 Å². The van der Waals surface area contributed by atoms with E-state index in [2.05, 4.69) is 4.74 Å². The first kappa shape index (κ1) is 15.5. The summed E-state index contributed by atoms with van der Waals surface area (Å²) in [5, 5.41) is 37.4. The average molecular weight is 267 g/mol. The molecule has 1 rings (SSSR count). The fraction of sp³-hybridized carbons (Fsp3) is 0.429. The second-order valence-electron chi connectivity index (χ2n) is 4.62. The molecular weight excluding hydrogens is 256 g/mol. The van der Waals surface area contributed by atoms with E-state index in [1.165, 1.54) is 13.5 Å². The van der Waals surface area contributed by atoms with Gasteiger partial charge in [0.15, 0.2) is 10.8 Å². The number of nitrogens with zero attached hydrogens (tertiary/aromatic N) is 4. The quantitative estimate of drug-likeness (QED) is 0.522. The van der Waals surface area contributed by atoms with Gasteiger partial charge in [-0.2, -0.15) is 21.0 Å². The number of esters is 1. The summed E-state index contributed by atoms with van der Waals surface area (Å²) < 4.78 is 4.61. The van der Waals surface area contributed by atoms with Gasteiger partial charge in [-0.05, 0) is 25.2 Å². The van der Waals surface area contributed by atoms with Gasteiger partial charge in [0.1, 0.15) is 0 Å². The summed E-state index contributed by atoms with van der Waals surface area (Å²) in [6, 6.07) is 7.11. The van der Waals surface area contributed by atoms with Crippen LogP contribution in [0.3, 0.4) is 0 Å². The SMILES string of the molecule is COC(=O)[C]1[CH][C](C)CC(C#N)(C#N)C(C#N)(C#N)C1. The molecule has 0 amide bonds. The third-order valence-corrected chi connectivity index (χ3v) is 3.36. The van der Waals surface area contributed by atoms with Gasteiger partial charge in [-0.1, -0.05) is 6.92 Å². The van der Waals surface area contributed by atoms with E-state index in [1.54, 1.807) is 31.2 Å². The molecule has 0 N–H and O–H groups in total. The van der Waals surface area contributed by atoms with Gasteiger partial charge in [0.2, 0.25) is 0 Å². The fourth-order valence-electron chi connectivity index (χ4n) is 2.26. The Hall–Kier alpha value is -2.57. The first-order valence-electron chi connectivity index (χ1n) is 5.70. The number of methoxy groups -OCH3 is 1. The zero-order valence-corrected chi connectivity index (χ0v) is 11.1. The minimum Gasteiger partial charge on any atom is -0.469 e. The van der Waals surface area contributed by atoms with Crippen LogP contribution >= 0.6 is 0 Å². The van der Waals surface area contributed by atoms with Crippen molar-refractivity contribution >= 4 is 5.97 Å². The van der Waals surface area contributed by atoms with Crippen LogP contribution in [0.5, 0.6) is 0 Å². The maximum atomic E-state index is 11.7. The van der Waals surface area contributed by atoms with Crippen molar-refractivity contribution in [3.05, 3.63) is 18.3 Å². The van der Waals surface area contributed by atoms with Gasteiger partial charge in [0.25, 0.3) is 0 Å². The molecule has 1 fully saturated rings. The van der Waals surface area contributed by atoms with Gasteiger partial charge in [-0.25, -0.2) is 0 Å². The summed E-state index contributed by atoms with van der Waals surface area (Å²) in [6.07, 6.45) is 1.10. The minimum absolute atomic E-state index is 0.0678. The molecule has 20 heavy (non-hydrogen) atoms. The minimum atomic E-state index is -1.91. The summed E-state index contributed by atoms with van der Waals surface area (Å²) in [7, 11) is 1.19. The number of hydrogen-bond donors (Lipinski definition) is 0. The van der Waals surface area contributed by atoms with E-state index >= 15 is 0 Å². The summed E-state index contributed by atoms with van der Waals surface area (Å²) in [4.78, 5) is 11.7. The Balaban J connectivity index is 3.44. The molecule has 0 bridgehead atoms. The highest BCUT2D eigenvalue weighted by molar-refractivity contribution is 5.88. The molecule has 0 spiro atoms. The van der Waals surface area contributed by atoms with Crippen molar-refractivity contribution in [2.75, 3.05) is 7.11 Å². The largest absolute Gasteiger partial charge is 0.469 e. The van der Waals surface area contributed by atoms with E-state index < -0.39 is 16.8 Å². The Kier molecular flexibility index (Phi) is 4.34. The Labute approximate surface area is 117 Å². The van der Waals surface area contributed by atoms with Gasteiger partial charge < -0.3 is 4.74 Å². The maximum Gasteiger partial charge on any atom is 0.313 e. The lowest BCUT2D eigenvalue weighted by Gasteiger charge is -2.30. The zero-order chi connectivity index (χ0) is 15.4. The molecule has 0 heterocycles. The van der Waals surface area contributed by atoms with Crippen molar-refractivity contribution < 1.29 is 9.53 Å². The summed E-state index contributed by atoms with van der Waals surface area (Å²) in [5.74, 6) is 0.00672. The number of carbonyl (C=O) groups is 1. The first-order valence-corrected chi connectivity index (χ1v) is 5.70. The van der Waals surface area contributed by atoms with E-state index in [9.17, 15) is 25.8 Å². The number of nitriles is 4. The fourth-order valence-corrected chi connectivity index (χ4v) is 2.26. The Morgan fingerprint density at radius 2 is 1.55 bits per heavy atom. The molecule has 0 atom stereocenters. The van der Waals surface area contributed by atoms with Crippen molar-refractivity contribution in [3.8, 4) is 24.3 Å². The molecule has 0 aromatic carbocycles. The molecule has 3 radical (unpaired) electrons. The van der Waals surface area contributed by atoms with Crippen molar-refractivity contribution in [2.45, 2.75) is 19.8 Å². The predicted molar refractivity (Wildman–Crippen MR) is 65.0 cm³/mol. The molecule has 1 saturated carbocycles. The second kappa shape index (κ2) is 5.60. The molecule has 6 heteroatoms. The number of ether oxygens (including phenoxy) is 1. The Morgan fingerprint density at radius 3 is 1.95 bits per heavy atom. The third kappa shape index (κ3) is 2.18. The van der Waals surface area contributed by atoms with Crippen molar-refractivity contribution in [2.24, 2.45) is 10.8 Å². The number of carbonyl (C=O) groups excluding carboxylic acids is 1.